The minimum atomic E-state index is 0.745. The van der Waals surface area contributed by atoms with Crippen LogP contribution in [0.1, 0.15) is 25.2 Å². The summed E-state index contributed by atoms with van der Waals surface area (Å²) in [5, 5.41) is 3.41. The number of thiophene rings is 1. The Hall–Kier alpha value is -5.00. The van der Waals surface area contributed by atoms with Crippen LogP contribution >= 0.6 is 11.3 Å². The zero-order chi connectivity index (χ0) is 28.9. The van der Waals surface area contributed by atoms with Gasteiger partial charge in [-0.15, -0.1) is 11.3 Å². The summed E-state index contributed by atoms with van der Waals surface area (Å²) in [7, 11) is 0. The first kappa shape index (κ1) is 25.7. The maximum atomic E-state index is 5.15. The van der Waals surface area contributed by atoms with Crippen molar-refractivity contribution in [3.8, 4) is 33.8 Å². The topological polar surface area (TPSA) is 51.6 Å². The Bertz CT molecular complexity index is 2300. The fourth-order valence-electron chi connectivity index (χ4n) is 5.89. The van der Waals surface area contributed by atoms with Gasteiger partial charge in [0.15, 0.2) is 5.82 Å². The number of benzene rings is 4. The molecule has 0 N–H and O–H groups in total. The standard InChI is InChI=1S/C38H28N4S/c1-3-27-20-18-24-19-21-29-31(22-28(4-2)40-35(29)33(24)39-27)23-14-16-25(17-15-23)34-37-36(30-12-8-9-13-32(30)43-37)42-38(41-34)26-10-6-5-7-11-26/h5-22H,3-4H2,1-2H3. The van der Waals surface area contributed by atoms with Gasteiger partial charge in [0.05, 0.1) is 26.9 Å². The predicted octanol–water partition coefficient (Wildman–Crippen LogP) is 10.1. The summed E-state index contributed by atoms with van der Waals surface area (Å²) in [4.78, 5) is 20.3. The highest BCUT2D eigenvalue weighted by atomic mass is 32.1. The van der Waals surface area contributed by atoms with Crippen LogP contribution in [0.4, 0.5) is 0 Å². The van der Waals surface area contributed by atoms with Gasteiger partial charge in [-0.05, 0) is 42.2 Å². The second-order valence-electron chi connectivity index (χ2n) is 10.8. The van der Waals surface area contributed by atoms with Crippen molar-refractivity contribution in [2.75, 3.05) is 0 Å². The second-order valence-corrected chi connectivity index (χ2v) is 11.9. The predicted molar refractivity (Wildman–Crippen MR) is 181 cm³/mol. The third kappa shape index (κ3) is 4.36. The van der Waals surface area contributed by atoms with E-state index in [2.05, 4.69) is 105 Å². The molecule has 0 fully saturated rings. The molecule has 0 aliphatic rings. The van der Waals surface area contributed by atoms with Gasteiger partial charge < -0.3 is 0 Å². The Balaban J connectivity index is 1.31. The Morgan fingerprint density at radius 2 is 1.26 bits per heavy atom. The summed E-state index contributed by atoms with van der Waals surface area (Å²) < 4.78 is 2.33. The molecule has 5 heteroatoms. The SMILES string of the molecule is CCc1ccc2ccc3c(-c4ccc(-c5nc(-c6ccccc6)nc6c5sc5ccccc56)cc4)cc(CC)nc3c2n1. The first-order chi connectivity index (χ1) is 21.2. The summed E-state index contributed by atoms with van der Waals surface area (Å²) in [6.45, 7) is 4.30. The van der Waals surface area contributed by atoms with E-state index >= 15 is 0 Å². The third-order valence-corrected chi connectivity index (χ3v) is 9.36. The molecule has 0 saturated carbocycles. The molecule has 4 aromatic heterocycles. The molecular formula is C38H28N4S. The Morgan fingerprint density at radius 1 is 0.535 bits per heavy atom. The van der Waals surface area contributed by atoms with Crippen LogP contribution in [0, 0.1) is 0 Å². The van der Waals surface area contributed by atoms with E-state index in [4.69, 9.17) is 19.9 Å². The molecule has 0 bridgehead atoms. The van der Waals surface area contributed by atoms with Crippen LogP contribution in [0.15, 0.2) is 109 Å². The molecular weight excluding hydrogens is 545 g/mol. The van der Waals surface area contributed by atoms with Crippen LogP contribution in [0.25, 0.3) is 75.9 Å². The lowest BCUT2D eigenvalue weighted by atomic mass is 9.96. The summed E-state index contributed by atoms with van der Waals surface area (Å²) in [5.74, 6) is 0.745. The van der Waals surface area contributed by atoms with Crippen LogP contribution in [-0.4, -0.2) is 19.9 Å². The largest absolute Gasteiger partial charge is 0.251 e. The van der Waals surface area contributed by atoms with Crippen molar-refractivity contribution < 1.29 is 0 Å². The van der Waals surface area contributed by atoms with E-state index in [0.29, 0.717) is 0 Å². The molecule has 4 nitrogen and oxygen atoms in total. The van der Waals surface area contributed by atoms with Crippen LogP contribution in [0.3, 0.4) is 0 Å². The van der Waals surface area contributed by atoms with Gasteiger partial charge in [0.2, 0.25) is 0 Å². The number of nitrogens with zero attached hydrogens (tertiary/aromatic N) is 4. The number of aromatic nitrogens is 4. The highest BCUT2D eigenvalue weighted by molar-refractivity contribution is 7.26. The van der Waals surface area contributed by atoms with Gasteiger partial charge in [0.25, 0.3) is 0 Å². The number of fused-ring (bicyclic) bond motifs is 6. The van der Waals surface area contributed by atoms with Gasteiger partial charge in [0, 0.05) is 43.4 Å². The lowest BCUT2D eigenvalue weighted by molar-refractivity contribution is 1.05. The number of hydrogen-bond donors (Lipinski definition) is 0. The van der Waals surface area contributed by atoms with Gasteiger partial charge in [-0.25, -0.2) is 9.97 Å². The Kier molecular flexibility index (Phi) is 6.20. The monoisotopic (exact) mass is 572 g/mol. The smallest absolute Gasteiger partial charge is 0.160 e. The summed E-state index contributed by atoms with van der Waals surface area (Å²) in [6, 6.07) is 38.4. The Labute approximate surface area is 253 Å². The van der Waals surface area contributed by atoms with Crippen molar-refractivity contribution in [2.24, 2.45) is 0 Å². The normalized spacial score (nSPS) is 11.7. The highest BCUT2D eigenvalue weighted by Crippen LogP contribution is 2.40. The highest BCUT2D eigenvalue weighted by Gasteiger charge is 2.17. The zero-order valence-electron chi connectivity index (χ0n) is 24.0. The molecule has 0 unspecified atom stereocenters. The van der Waals surface area contributed by atoms with Crippen molar-refractivity contribution in [1.29, 1.82) is 0 Å². The van der Waals surface area contributed by atoms with Gasteiger partial charge in [-0.2, -0.15) is 0 Å². The van der Waals surface area contributed by atoms with Crippen LogP contribution in [0.2, 0.25) is 0 Å². The number of pyridine rings is 2. The molecule has 0 aliphatic heterocycles. The van der Waals surface area contributed by atoms with Gasteiger partial charge in [-0.3, -0.25) is 9.97 Å². The number of hydrogen-bond acceptors (Lipinski definition) is 5. The average Bonchev–Trinajstić information content (AvgIpc) is 3.46. The molecule has 0 atom stereocenters. The first-order valence-electron chi connectivity index (χ1n) is 14.8. The van der Waals surface area contributed by atoms with Crippen LogP contribution < -0.4 is 0 Å². The van der Waals surface area contributed by atoms with Crippen LogP contribution in [-0.2, 0) is 12.8 Å². The fraction of sp³-hybridized carbons (Fsp3) is 0.105. The second kappa shape index (κ2) is 10.4. The van der Waals surface area contributed by atoms with E-state index < -0.39 is 0 Å². The molecule has 206 valence electrons. The maximum Gasteiger partial charge on any atom is 0.160 e. The van der Waals surface area contributed by atoms with Crippen molar-refractivity contribution >= 4 is 53.4 Å². The van der Waals surface area contributed by atoms with Crippen molar-refractivity contribution in [3.63, 3.8) is 0 Å². The van der Waals surface area contributed by atoms with Gasteiger partial charge >= 0.3 is 0 Å². The molecule has 4 heterocycles. The quantitative estimate of drug-likeness (QED) is 0.193. The van der Waals surface area contributed by atoms with E-state index in [1.54, 1.807) is 11.3 Å². The minimum Gasteiger partial charge on any atom is -0.251 e. The Morgan fingerprint density at radius 3 is 2.07 bits per heavy atom. The van der Waals surface area contributed by atoms with Gasteiger partial charge in [0.1, 0.15) is 0 Å². The molecule has 0 aliphatic carbocycles. The van der Waals surface area contributed by atoms with Crippen molar-refractivity contribution in [1.82, 2.24) is 19.9 Å². The summed E-state index contributed by atoms with van der Waals surface area (Å²) in [6.07, 6.45) is 1.76. The molecule has 8 aromatic rings. The minimum absolute atomic E-state index is 0.745. The fourth-order valence-corrected chi connectivity index (χ4v) is 7.05. The van der Waals surface area contributed by atoms with E-state index in [1.165, 1.54) is 15.6 Å². The molecule has 0 saturated heterocycles. The average molecular weight is 573 g/mol. The number of rotatable bonds is 5. The summed E-state index contributed by atoms with van der Waals surface area (Å²) >= 11 is 1.76. The van der Waals surface area contributed by atoms with E-state index in [-0.39, 0.29) is 0 Å². The molecule has 4 aromatic carbocycles. The van der Waals surface area contributed by atoms with E-state index in [1.807, 2.05) is 18.2 Å². The maximum absolute atomic E-state index is 5.15. The lowest BCUT2D eigenvalue weighted by Gasteiger charge is -2.13. The molecule has 0 amide bonds. The summed E-state index contributed by atoms with van der Waals surface area (Å²) in [5.41, 5.74) is 10.5. The molecule has 0 spiro atoms. The molecule has 43 heavy (non-hydrogen) atoms. The zero-order valence-corrected chi connectivity index (χ0v) is 24.8. The van der Waals surface area contributed by atoms with Crippen LogP contribution in [0.5, 0.6) is 0 Å². The third-order valence-electron chi connectivity index (χ3n) is 8.20. The molecule has 8 rings (SSSR count). The van der Waals surface area contributed by atoms with Gasteiger partial charge in [-0.1, -0.05) is 105 Å². The first-order valence-corrected chi connectivity index (χ1v) is 15.6. The number of aryl methyl sites for hydroxylation is 2. The lowest BCUT2D eigenvalue weighted by Crippen LogP contribution is -1.96. The van der Waals surface area contributed by atoms with E-state index in [0.717, 1.165) is 84.5 Å². The molecule has 0 radical (unpaired) electrons. The van der Waals surface area contributed by atoms with E-state index in [9.17, 15) is 0 Å². The van der Waals surface area contributed by atoms with Crippen molar-refractivity contribution in [2.45, 2.75) is 26.7 Å². The van der Waals surface area contributed by atoms with Crippen molar-refractivity contribution in [3.05, 3.63) is 121 Å².